The summed E-state index contributed by atoms with van der Waals surface area (Å²) in [6.45, 7) is 8.04. The molecular weight excluding hydrogens is 640 g/mol. The first kappa shape index (κ1) is 34.0. The number of hydrogen-bond donors (Lipinski definition) is 1. The highest BCUT2D eigenvalue weighted by atomic mass is 16.5. The fraction of sp³-hybridized carbons (Fsp3) is 0.390. The van der Waals surface area contributed by atoms with Crippen molar-refractivity contribution >= 4 is 34.8 Å². The van der Waals surface area contributed by atoms with Crippen molar-refractivity contribution in [1.29, 1.82) is 5.26 Å². The molecule has 0 bridgehead atoms. The van der Waals surface area contributed by atoms with Gasteiger partial charge in [-0.25, -0.2) is 0 Å². The van der Waals surface area contributed by atoms with Gasteiger partial charge in [-0.15, -0.1) is 0 Å². The van der Waals surface area contributed by atoms with E-state index in [0.29, 0.717) is 18.5 Å². The van der Waals surface area contributed by atoms with Crippen LogP contribution in [-0.4, -0.2) is 58.9 Å². The van der Waals surface area contributed by atoms with E-state index in [2.05, 4.69) is 70.8 Å². The van der Waals surface area contributed by atoms with Crippen molar-refractivity contribution in [2.75, 3.05) is 30.4 Å². The molecule has 1 unspecified atom stereocenters. The second-order valence-electron chi connectivity index (χ2n) is 14.2. The first-order valence-corrected chi connectivity index (χ1v) is 17.9. The number of anilines is 3. The quantitative estimate of drug-likeness (QED) is 0.121. The van der Waals surface area contributed by atoms with Gasteiger partial charge in [-0.2, -0.15) is 5.26 Å². The topological polar surface area (TPSA) is 123 Å². The SMILES string of the molecule is Cc1ccc(-c2c(C)noc2C)cc1N(CCCCCNc1ccc2c(c1)CN(C1CCC(=O)N(C)C1=O)C2=O)c1ccc(C2(C#N)CC2)cc1. The summed E-state index contributed by atoms with van der Waals surface area (Å²) in [7, 11) is 1.49. The predicted octanol–water partition coefficient (Wildman–Crippen LogP) is 7.35. The third-order valence-corrected chi connectivity index (χ3v) is 10.8. The van der Waals surface area contributed by atoms with Crippen LogP contribution in [0.4, 0.5) is 17.1 Å². The highest BCUT2D eigenvalue weighted by molar-refractivity contribution is 6.05. The normalized spacial score (nSPS) is 17.8. The van der Waals surface area contributed by atoms with Crippen molar-refractivity contribution in [3.63, 3.8) is 0 Å². The molecule has 262 valence electrons. The summed E-state index contributed by atoms with van der Waals surface area (Å²) >= 11 is 0. The lowest BCUT2D eigenvalue weighted by atomic mass is 9.97. The minimum atomic E-state index is -0.601. The number of imide groups is 1. The lowest BCUT2D eigenvalue weighted by Crippen LogP contribution is -2.53. The third-order valence-electron chi connectivity index (χ3n) is 10.8. The lowest BCUT2D eigenvalue weighted by molar-refractivity contribution is -0.150. The summed E-state index contributed by atoms with van der Waals surface area (Å²) in [6, 6.07) is 22.7. The molecule has 10 nitrogen and oxygen atoms in total. The van der Waals surface area contributed by atoms with Crippen LogP contribution >= 0.6 is 0 Å². The first-order valence-electron chi connectivity index (χ1n) is 17.9. The molecule has 3 aromatic carbocycles. The standard InChI is InChI=1S/C41H44N6O4/c1-26-8-9-29(38-27(2)44-51-28(38)3)23-36(26)46(33-13-10-31(11-14-33)41(25-42)18-19-41)21-7-5-6-20-43-32-12-15-34-30(22-32)24-47(39(34)49)35-16-17-37(48)45(4)40(35)50/h8-15,22-23,35,43H,5-7,16-21,24H2,1-4H3. The lowest BCUT2D eigenvalue weighted by Gasteiger charge is -2.33. The Kier molecular flexibility index (Phi) is 9.15. The number of aryl methyl sites for hydroxylation is 3. The van der Waals surface area contributed by atoms with E-state index < -0.39 is 6.04 Å². The van der Waals surface area contributed by atoms with Gasteiger partial charge in [0.05, 0.1) is 17.2 Å². The van der Waals surface area contributed by atoms with E-state index in [1.165, 1.54) is 12.6 Å². The van der Waals surface area contributed by atoms with Gasteiger partial charge in [-0.1, -0.05) is 29.4 Å². The Morgan fingerprint density at radius 2 is 1.78 bits per heavy atom. The molecule has 51 heavy (non-hydrogen) atoms. The fourth-order valence-corrected chi connectivity index (χ4v) is 7.59. The van der Waals surface area contributed by atoms with Gasteiger partial charge in [0.1, 0.15) is 11.8 Å². The maximum Gasteiger partial charge on any atom is 0.255 e. The summed E-state index contributed by atoms with van der Waals surface area (Å²) in [4.78, 5) is 43.0. The van der Waals surface area contributed by atoms with Gasteiger partial charge in [0.2, 0.25) is 5.91 Å². The maximum absolute atomic E-state index is 13.2. The Bertz CT molecular complexity index is 2020. The van der Waals surface area contributed by atoms with Crippen LogP contribution in [0, 0.1) is 32.1 Å². The van der Waals surface area contributed by atoms with E-state index in [0.717, 1.165) is 101 Å². The summed E-state index contributed by atoms with van der Waals surface area (Å²) < 4.78 is 5.49. The van der Waals surface area contributed by atoms with E-state index in [1.54, 1.807) is 4.90 Å². The number of nitrogens with zero attached hydrogens (tertiary/aromatic N) is 5. The van der Waals surface area contributed by atoms with E-state index in [4.69, 9.17) is 4.52 Å². The summed E-state index contributed by atoms with van der Waals surface area (Å²) in [6.07, 6.45) is 5.42. The largest absolute Gasteiger partial charge is 0.385 e. The Morgan fingerprint density at radius 3 is 2.49 bits per heavy atom. The van der Waals surface area contributed by atoms with Gasteiger partial charge >= 0.3 is 0 Å². The van der Waals surface area contributed by atoms with Crippen LogP contribution in [0.2, 0.25) is 0 Å². The van der Waals surface area contributed by atoms with Crippen LogP contribution in [-0.2, 0) is 21.5 Å². The molecule has 1 atom stereocenters. The van der Waals surface area contributed by atoms with E-state index >= 15 is 0 Å². The highest BCUT2D eigenvalue weighted by Gasteiger charge is 2.45. The number of aromatic nitrogens is 1. The second-order valence-corrected chi connectivity index (χ2v) is 14.2. The second kappa shape index (κ2) is 13.7. The van der Waals surface area contributed by atoms with E-state index in [1.807, 2.05) is 32.0 Å². The van der Waals surface area contributed by atoms with Crippen LogP contribution in [0.1, 0.15) is 83.4 Å². The number of unbranched alkanes of at least 4 members (excludes halogenated alkanes) is 2. The smallest absolute Gasteiger partial charge is 0.255 e. The molecule has 1 aliphatic carbocycles. The summed E-state index contributed by atoms with van der Waals surface area (Å²) in [5.74, 6) is 0.139. The van der Waals surface area contributed by atoms with Crippen LogP contribution in [0.3, 0.4) is 0 Å². The number of rotatable bonds is 12. The van der Waals surface area contributed by atoms with Gasteiger partial charge < -0.3 is 19.6 Å². The van der Waals surface area contributed by atoms with Crippen molar-refractivity contribution in [2.45, 2.75) is 83.7 Å². The molecule has 3 aliphatic rings. The molecule has 2 fully saturated rings. The molecular formula is C41H44N6O4. The highest BCUT2D eigenvalue weighted by Crippen LogP contribution is 2.48. The Labute approximate surface area is 299 Å². The third kappa shape index (κ3) is 6.49. The number of hydrogen-bond acceptors (Lipinski definition) is 8. The number of likely N-dealkylation sites (tertiary alicyclic amines) is 1. The summed E-state index contributed by atoms with van der Waals surface area (Å²) in [5.41, 5.74) is 9.61. The Morgan fingerprint density at radius 1 is 1.00 bits per heavy atom. The van der Waals surface area contributed by atoms with Crippen LogP contribution in [0.15, 0.2) is 65.2 Å². The number of carbonyl (C=O) groups excluding carboxylic acids is 3. The molecule has 0 spiro atoms. The number of carbonyl (C=O) groups is 3. The van der Waals surface area contributed by atoms with Crippen LogP contribution in [0.5, 0.6) is 0 Å². The average Bonchev–Trinajstić information content (AvgIpc) is 3.78. The van der Waals surface area contributed by atoms with Gasteiger partial charge in [0.25, 0.3) is 11.8 Å². The Balaban J connectivity index is 0.997. The zero-order chi connectivity index (χ0) is 35.9. The molecule has 0 radical (unpaired) electrons. The van der Waals surface area contributed by atoms with Gasteiger partial charge in [0, 0.05) is 61.3 Å². The maximum atomic E-state index is 13.2. The number of nitrogens with one attached hydrogen (secondary N) is 1. The van der Waals surface area contributed by atoms with Crippen molar-refractivity contribution < 1.29 is 18.9 Å². The van der Waals surface area contributed by atoms with Crippen LogP contribution in [0.25, 0.3) is 11.1 Å². The number of benzene rings is 3. The van der Waals surface area contributed by atoms with Gasteiger partial charge in [-0.05, 0) is 118 Å². The minimum absolute atomic E-state index is 0.151. The molecule has 1 aromatic heterocycles. The summed E-state index contributed by atoms with van der Waals surface area (Å²) in [5, 5.41) is 17.5. The van der Waals surface area contributed by atoms with Gasteiger partial charge in [0.15, 0.2) is 0 Å². The van der Waals surface area contributed by atoms with E-state index in [9.17, 15) is 19.6 Å². The first-order chi connectivity index (χ1) is 24.6. The molecule has 4 aromatic rings. The van der Waals surface area contributed by atoms with Crippen molar-refractivity contribution in [1.82, 2.24) is 15.0 Å². The van der Waals surface area contributed by atoms with Gasteiger partial charge in [-0.3, -0.25) is 19.3 Å². The predicted molar refractivity (Wildman–Crippen MR) is 196 cm³/mol. The molecule has 2 aliphatic heterocycles. The number of likely N-dealkylation sites (N-methyl/N-ethyl adjacent to an activating group) is 1. The molecule has 7 rings (SSSR count). The molecule has 10 heteroatoms. The number of nitriles is 1. The Hall–Kier alpha value is -5.43. The zero-order valence-corrected chi connectivity index (χ0v) is 29.8. The number of fused-ring (bicyclic) bond motifs is 1. The molecule has 1 saturated carbocycles. The average molecular weight is 685 g/mol. The molecule has 3 heterocycles. The number of amides is 3. The fourth-order valence-electron chi connectivity index (χ4n) is 7.59. The van der Waals surface area contributed by atoms with Crippen LogP contribution < -0.4 is 10.2 Å². The molecule has 1 N–H and O–H groups in total. The van der Waals surface area contributed by atoms with Crippen molar-refractivity contribution in [3.05, 3.63) is 94.4 Å². The van der Waals surface area contributed by atoms with Crippen molar-refractivity contribution in [3.8, 4) is 17.2 Å². The van der Waals surface area contributed by atoms with E-state index in [-0.39, 0.29) is 29.6 Å². The minimum Gasteiger partial charge on any atom is -0.385 e. The zero-order valence-electron chi connectivity index (χ0n) is 29.8. The molecule has 3 amide bonds. The number of piperidine rings is 1. The monoisotopic (exact) mass is 684 g/mol. The molecule has 1 saturated heterocycles. The van der Waals surface area contributed by atoms with Crippen molar-refractivity contribution in [2.24, 2.45) is 0 Å².